The van der Waals surface area contributed by atoms with Crippen molar-refractivity contribution in [1.82, 2.24) is 0 Å². The van der Waals surface area contributed by atoms with Crippen molar-refractivity contribution in [2.24, 2.45) is 0 Å². The van der Waals surface area contributed by atoms with Crippen molar-refractivity contribution in [3.63, 3.8) is 0 Å². The zero-order valence-electron chi connectivity index (χ0n) is 11.2. The number of anilines is 2. The van der Waals surface area contributed by atoms with Crippen molar-refractivity contribution < 1.29 is 0 Å². The molecule has 0 saturated carbocycles. The fraction of sp³-hybridized carbons (Fsp3) is 0.188. The molecule has 0 aliphatic heterocycles. The van der Waals surface area contributed by atoms with Crippen LogP contribution in [0.4, 0.5) is 11.4 Å². The lowest BCUT2D eigenvalue weighted by Crippen LogP contribution is -2.20. The van der Waals surface area contributed by atoms with E-state index >= 15 is 0 Å². The molecule has 0 amide bonds. The molecule has 2 aromatic rings. The van der Waals surface area contributed by atoms with E-state index in [0.29, 0.717) is 5.11 Å². The summed E-state index contributed by atoms with van der Waals surface area (Å²) in [5.74, 6) is 0. The van der Waals surface area contributed by atoms with Gasteiger partial charge in [-0.1, -0.05) is 43.3 Å². The number of hydrogen-bond donors (Lipinski definition) is 2. The van der Waals surface area contributed by atoms with Crippen LogP contribution < -0.4 is 10.6 Å². The molecule has 0 fully saturated rings. The van der Waals surface area contributed by atoms with Crippen LogP contribution in [0, 0.1) is 6.92 Å². The lowest BCUT2D eigenvalue weighted by Gasteiger charge is -2.14. The molecule has 0 saturated heterocycles. The molecule has 0 aliphatic carbocycles. The zero-order valence-corrected chi connectivity index (χ0v) is 12.1. The Morgan fingerprint density at radius 3 is 2.21 bits per heavy atom. The maximum absolute atomic E-state index is 5.36. The fourth-order valence-corrected chi connectivity index (χ4v) is 2.16. The van der Waals surface area contributed by atoms with Gasteiger partial charge in [0, 0.05) is 11.4 Å². The Bertz CT molecular complexity index is 578. The van der Waals surface area contributed by atoms with Crippen molar-refractivity contribution in [1.29, 1.82) is 0 Å². The third-order valence-electron chi connectivity index (χ3n) is 3.04. The average molecular weight is 270 g/mol. The summed E-state index contributed by atoms with van der Waals surface area (Å²) in [6, 6.07) is 16.3. The van der Waals surface area contributed by atoms with E-state index in [2.05, 4.69) is 36.6 Å². The van der Waals surface area contributed by atoms with Gasteiger partial charge in [-0.3, -0.25) is 0 Å². The molecule has 0 aliphatic rings. The van der Waals surface area contributed by atoms with Gasteiger partial charge in [-0.25, -0.2) is 0 Å². The number of thiocarbonyl (C=S) groups is 1. The quantitative estimate of drug-likeness (QED) is 0.810. The van der Waals surface area contributed by atoms with E-state index in [1.165, 1.54) is 11.1 Å². The maximum atomic E-state index is 5.36. The standard InChI is InChI=1S/C16H18N2S/c1-3-13-9-5-7-11-15(13)18-16(19)17-14-10-6-4-8-12(14)2/h4-11H,3H2,1-2H3,(H2,17,18,19). The molecule has 2 aromatic carbocycles. The molecule has 2 rings (SSSR count). The highest BCUT2D eigenvalue weighted by Gasteiger charge is 2.03. The predicted molar refractivity (Wildman–Crippen MR) is 86.8 cm³/mol. The average Bonchev–Trinajstić information content (AvgIpc) is 2.42. The Morgan fingerprint density at radius 1 is 0.947 bits per heavy atom. The molecule has 0 unspecified atom stereocenters. The number of aryl methyl sites for hydroxylation is 2. The lowest BCUT2D eigenvalue weighted by molar-refractivity contribution is 1.14. The highest BCUT2D eigenvalue weighted by molar-refractivity contribution is 7.80. The van der Waals surface area contributed by atoms with E-state index in [-0.39, 0.29) is 0 Å². The summed E-state index contributed by atoms with van der Waals surface area (Å²) in [5.41, 5.74) is 4.54. The first kappa shape index (κ1) is 13.6. The lowest BCUT2D eigenvalue weighted by atomic mass is 10.1. The van der Waals surface area contributed by atoms with Crippen molar-refractivity contribution in [2.45, 2.75) is 20.3 Å². The van der Waals surface area contributed by atoms with Crippen LogP contribution in [0.15, 0.2) is 48.5 Å². The van der Waals surface area contributed by atoms with Crippen molar-refractivity contribution in [3.05, 3.63) is 59.7 Å². The van der Waals surface area contributed by atoms with Crippen LogP contribution in [0.25, 0.3) is 0 Å². The molecule has 0 radical (unpaired) electrons. The molecule has 0 heterocycles. The second kappa shape index (κ2) is 6.34. The zero-order chi connectivity index (χ0) is 13.7. The second-order valence-electron chi connectivity index (χ2n) is 4.40. The molecular formula is C16H18N2S. The van der Waals surface area contributed by atoms with Crippen LogP contribution in [-0.4, -0.2) is 5.11 Å². The molecule has 98 valence electrons. The minimum absolute atomic E-state index is 0.621. The van der Waals surface area contributed by atoms with Crippen LogP contribution in [-0.2, 0) is 6.42 Å². The van der Waals surface area contributed by atoms with Gasteiger partial charge in [0.1, 0.15) is 0 Å². The summed E-state index contributed by atoms with van der Waals surface area (Å²) >= 11 is 5.36. The molecule has 2 N–H and O–H groups in total. The first-order valence-corrected chi connectivity index (χ1v) is 6.83. The number of benzene rings is 2. The van der Waals surface area contributed by atoms with E-state index in [0.717, 1.165) is 17.8 Å². The van der Waals surface area contributed by atoms with E-state index in [4.69, 9.17) is 12.2 Å². The maximum Gasteiger partial charge on any atom is 0.175 e. The Morgan fingerprint density at radius 2 is 1.53 bits per heavy atom. The van der Waals surface area contributed by atoms with Gasteiger partial charge in [0.05, 0.1) is 0 Å². The summed E-state index contributed by atoms with van der Waals surface area (Å²) in [7, 11) is 0. The van der Waals surface area contributed by atoms with E-state index in [1.807, 2.05) is 36.4 Å². The van der Waals surface area contributed by atoms with Gasteiger partial charge in [-0.2, -0.15) is 0 Å². The van der Waals surface area contributed by atoms with Crippen LogP contribution in [0.5, 0.6) is 0 Å². The summed E-state index contributed by atoms with van der Waals surface area (Å²) in [6.45, 7) is 4.20. The second-order valence-corrected chi connectivity index (χ2v) is 4.81. The Balaban J connectivity index is 2.08. The monoisotopic (exact) mass is 270 g/mol. The SMILES string of the molecule is CCc1ccccc1NC(=S)Nc1ccccc1C. The number of hydrogen-bond acceptors (Lipinski definition) is 1. The van der Waals surface area contributed by atoms with Gasteiger partial charge in [0.25, 0.3) is 0 Å². The Hall–Kier alpha value is -1.87. The summed E-state index contributed by atoms with van der Waals surface area (Å²) in [6.07, 6.45) is 0.982. The number of rotatable bonds is 3. The largest absolute Gasteiger partial charge is 0.332 e. The van der Waals surface area contributed by atoms with Crippen molar-refractivity contribution in [2.75, 3.05) is 10.6 Å². The minimum Gasteiger partial charge on any atom is -0.332 e. The summed E-state index contributed by atoms with van der Waals surface area (Å²) < 4.78 is 0. The Labute approximate surface area is 119 Å². The van der Waals surface area contributed by atoms with Gasteiger partial charge in [-0.05, 0) is 48.8 Å². The Kier molecular flexibility index (Phi) is 4.53. The minimum atomic E-state index is 0.621. The molecule has 0 spiro atoms. The molecule has 2 nitrogen and oxygen atoms in total. The molecule has 3 heteroatoms. The molecule has 0 aromatic heterocycles. The first-order valence-electron chi connectivity index (χ1n) is 6.42. The van der Waals surface area contributed by atoms with Gasteiger partial charge in [0.15, 0.2) is 5.11 Å². The highest BCUT2D eigenvalue weighted by atomic mass is 32.1. The molecule has 19 heavy (non-hydrogen) atoms. The van der Waals surface area contributed by atoms with Gasteiger partial charge in [-0.15, -0.1) is 0 Å². The van der Waals surface area contributed by atoms with Crippen LogP contribution in [0.2, 0.25) is 0 Å². The fourth-order valence-electron chi connectivity index (χ4n) is 1.94. The smallest absolute Gasteiger partial charge is 0.175 e. The highest BCUT2D eigenvalue weighted by Crippen LogP contribution is 2.17. The number of nitrogens with one attached hydrogen (secondary N) is 2. The third kappa shape index (κ3) is 3.55. The summed E-state index contributed by atoms with van der Waals surface area (Å²) in [5, 5.41) is 7.11. The van der Waals surface area contributed by atoms with Crippen LogP contribution >= 0.6 is 12.2 Å². The topological polar surface area (TPSA) is 24.1 Å². The molecule has 0 atom stereocenters. The van der Waals surface area contributed by atoms with Crippen molar-refractivity contribution >= 4 is 28.7 Å². The van der Waals surface area contributed by atoms with E-state index in [1.54, 1.807) is 0 Å². The van der Waals surface area contributed by atoms with E-state index in [9.17, 15) is 0 Å². The van der Waals surface area contributed by atoms with Gasteiger partial charge < -0.3 is 10.6 Å². The molecular weight excluding hydrogens is 252 g/mol. The third-order valence-corrected chi connectivity index (χ3v) is 3.24. The summed E-state index contributed by atoms with van der Waals surface area (Å²) in [4.78, 5) is 0. The predicted octanol–water partition coefficient (Wildman–Crippen LogP) is 4.37. The molecule has 0 bridgehead atoms. The van der Waals surface area contributed by atoms with Crippen LogP contribution in [0.1, 0.15) is 18.1 Å². The van der Waals surface area contributed by atoms with Gasteiger partial charge >= 0.3 is 0 Å². The van der Waals surface area contributed by atoms with Crippen LogP contribution in [0.3, 0.4) is 0 Å². The normalized spacial score (nSPS) is 10.0. The van der Waals surface area contributed by atoms with Gasteiger partial charge in [0.2, 0.25) is 0 Å². The number of para-hydroxylation sites is 2. The van der Waals surface area contributed by atoms with E-state index < -0.39 is 0 Å². The van der Waals surface area contributed by atoms with Crippen molar-refractivity contribution in [3.8, 4) is 0 Å². The first-order chi connectivity index (χ1) is 9.20.